The number of nitrogens with zero attached hydrogens (tertiary/aromatic N) is 1. The predicted molar refractivity (Wildman–Crippen MR) is 96.8 cm³/mol. The molecule has 0 unspecified atom stereocenters. The van der Waals surface area contributed by atoms with Crippen molar-refractivity contribution >= 4 is 34.1 Å². The van der Waals surface area contributed by atoms with Gasteiger partial charge in [0.2, 0.25) is 5.91 Å². The van der Waals surface area contributed by atoms with E-state index in [1.54, 1.807) is 20.3 Å². The molecule has 0 aliphatic carbocycles. The van der Waals surface area contributed by atoms with Crippen LogP contribution in [0.25, 0.3) is 11.3 Å². The maximum Gasteiger partial charge on any atom is 0.236 e. The van der Waals surface area contributed by atoms with Gasteiger partial charge in [-0.3, -0.25) is 4.79 Å². The van der Waals surface area contributed by atoms with Crippen molar-refractivity contribution in [3.05, 3.63) is 36.2 Å². The van der Waals surface area contributed by atoms with Crippen molar-refractivity contribution in [2.75, 3.05) is 31.0 Å². The highest BCUT2D eigenvalue weighted by Crippen LogP contribution is 2.34. The van der Waals surface area contributed by atoms with Crippen molar-refractivity contribution in [3.8, 4) is 22.8 Å². The third-order valence-electron chi connectivity index (χ3n) is 2.90. The summed E-state index contributed by atoms with van der Waals surface area (Å²) in [6.07, 6.45) is 1.77. The zero-order valence-electron chi connectivity index (χ0n) is 13.0. The molecule has 0 aliphatic heterocycles. The van der Waals surface area contributed by atoms with E-state index in [2.05, 4.69) is 16.9 Å². The average Bonchev–Trinajstić information content (AvgIpc) is 3.02. The van der Waals surface area contributed by atoms with Crippen LogP contribution in [0, 0.1) is 0 Å². The molecule has 0 fully saturated rings. The van der Waals surface area contributed by atoms with Gasteiger partial charge in [-0.15, -0.1) is 29.7 Å². The zero-order valence-corrected chi connectivity index (χ0v) is 14.6. The molecule has 0 bridgehead atoms. The van der Waals surface area contributed by atoms with Gasteiger partial charge >= 0.3 is 0 Å². The summed E-state index contributed by atoms with van der Waals surface area (Å²) >= 11 is 2.88. The SMILES string of the molecule is C=CCSCC(=O)Nc1nc(-c2cc(OC)ccc2OC)cs1. The van der Waals surface area contributed by atoms with Crippen LogP contribution in [0.1, 0.15) is 0 Å². The van der Waals surface area contributed by atoms with Gasteiger partial charge in [0, 0.05) is 16.7 Å². The summed E-state index contributed by atoms with van der Waals surface area (Å²) in [7, 11) is 3.22. The Hall–Kier alpha value is -1.99. The molecule has 1 aromatic heterocycles. The highest BCUT2D eigenvalue weighted by Gasteiger charge is 2.13. The van der Waals surface area contributed by atoms with E-state index in [0.717, 1.165) is 22.8 Å². The maximum atomic E-state index is 11.8. The van der Waals surface area contributed by atoms with Crippen LogP contribution < -0.4 is 14.8 Å². The summed E-state index contributed by atoms with van der Waals surface area (Å²) in [5.41, 5.74) is 1.56. The number of hydrogen-bond donors (Lipinski definition) is 1. The number of ether oxygens (including phenoxy) is 2. The molecule has 0 spiro atoms. The van der Waals surface area contributed by atoms with Crippen molar-refractivity contribution in [2.45, 2.75) is 0 Å². The third kappa shape index (κ3) is 4.74. The number of carbonyl (C=O) groups is 1. The van der Waals surface area contributed by atoms with Crippen LogP contribution in [0.4, 0.5) is 5.13 Å². The molecule has 0 saturated carbocycles. The molecule has 122 valence electrons. The van der Waals surface area contributed by atoms with Gasteiger partial charge in [0.1, 0.15) is 11.5 Å². The van der Waals surface area contributed by atoms with E-state index in [1.165, 1.54) is 23.1 Å². The van der Waals surface area contributed by atoms with Crippen molar-refractivity contribution in [2.24, 2.45) is 0 Å². The summed E-state index contributed by atoms with van der Waals surface area (Å²) in [4.78, 5) is 16.3. The standard InChI is InChI=1S/C16H18N2O3S2/c1-4-7-22-10-15(19)18-16-17-13(9-23-16)12-8-11(20-2)5-6-14(12)21-3/h4-6,8-9H,1,7,10H2,2-3H3,(H,17,18,19). The van der Waals surface area contributed by atoms with E-state index < -0.39 is 0 Å². The minimum absolute atomic E-state index is 0.0737. The number of rotatable bonds is 8. The van der Waals surface area contributed by atoms with Gasteiger partial charge in [0.15, 0.2) is 5.13 Å². The Morgan fingerprint density at radius 2 is 2.26 bits per heavy atom. The first-order valence-electron chi connectivity index (χ1n) is 6.84. The van der Waals surface area contributed by atoms with Crippen LogP contribution in [0.5, 0.6) is 11.5 Å². The largest absolute Gasteiger partial charge is 0.497 e. The fourth-order valence-electron chi connectivity index (χ4n) is 1.86. The Morgan fingerprint density at radius 3 is 2.96 bits per heavy atom. The number of benzene rings is 1. The van der Waals surface area contributed by atoms with Gasteiger partial charge in [-0.05, 0) is 18.2 Å². The normalized spacial score (nSPS) is 10.2. The summed E-state index contributed by atoms with van der Waals surface area (Å²) in [5, 5.41) is 5.24. The molecule has 0 atom stereocenters. The van der Waals surface area contributed by atoms with Crippen LogP contribution in [-0.4, -0.2) is 36.6 Å². The smallest absolute Gasteiger partial charge is 0.236 e. The summed E-state index contributed by atoms with van der Waals surface area (Å²) < 4.78 is 10.6. The van der Waals surface area contributed by atoms with Crippen molar-refractivity contribution < 1.29 is 14.3 Å². The van der Waals surface area contributed by atoms with E-state index in [9.17, 15) is 4.79 Å². The molecular weight excluding hydrogens is 332 g/mol. The highest BCUT2D eigenvalue weighted by atomic mass is 32.2. The van der Waals surface area contributed by atoms with E-state index >= 15 is 0 Å². The number of carbonyl (C=O) groups excluding carboxylic acids is 1. The number of hydrogen-bond acceptors (Lipinski definition) is 6. The number of thioether (sulfide) groups is 1. The minimum Gasteiger partial charge on any atom is -0.497 e. The molecule has 2 aromatic rings. The van der Waals surface area contributed by atoms with Crippen molar-refractivity contribution in [1.29, 1.82) is 0 Å². The molecule has 1 amide bonds. The van der Waals surface area contributed by atoms with Crippen LogP contribution in [0.2, 0.25) is 0 Å². The van der Waals surface area contributed by atoms with Gasteiger partial charge in [0.05, 0.1) is 25.7 Å². The molecule has 1 heterocycles. The summed E-state index contributed by atoms with van der Waals surface area (Å²) in [6, 6.07) is 5.52. The lowest BCUT2D eigenvalue weighted by Gasteiger charge is -2.08. The lowest BCUT2D eigenvalue weighted by Crippen LogP contribution is -2.13. The Balaban J connectivity index is 2.12. The Bertz CT molecular complexity index is 686. The van der Waals surface area contributed by atoms with Gasteiger partial charge in [-0.2, -0.15) is 0 Å². The van der Waals surface area contributed by atoms with Crippen LogP contribution >= 0.6 is 23.1 Å². The molecule has 0 radical (unpaired) electrons. The van der Waals surface area contributed by atoms with E-state index in [0.29, 0.717) is 16.6 Å². The first-order chi connectivity index (χ1) is 11.2. The van der Waals surface area contributed by atoms with Gasteiger partial charge in [0.25, 0.3) is 0 Å². The first-order valence-corrected chi connectivity index (χ1v) is 8.87. The number of amides is 1. The summed E-state index contributed by atoms with van der Waals surface area (Å²) in [6.45, 7) is 3.62. The van der Waals surface area contributed by atoms with E-state index in [4.69, 9.17) is 9.47 Å². The lowest BCUT2D eigenvalue weighted by atomic mass is 10.1. The minimum atomic E-state index is -0.0737. The molecule has 1 aromatic carbocycles. The second kappa shape index (κ2) is 8.59. The van der Waals surface area contributed by atoms with E-state index in [-0.39, 0.29) is 5.91 Å². The number of methoxy groups -OCH3 is 2. The Labute approximate surface area is 143 Å². The van der Waals surface area contributed by atoms with E-state index in [1.807, 2.05) is 23.6 Å². The predicted octanol–water partition coefficient (Wildman–Crippen LogP) is 3.69. The van der Waals surface area contributed by atoms with Crippen LogP contribution in [0.3, 0.4) is 0 Å². The maximum absolute atomic E-state index is 11.8. The molecule has 5 nitrogen and oxygen atoms in total. The van der Waals surface area contributed by atoms with Crippen molar-refractivity contribution in [1.82, 2.24) is 4.98 Å². The van der Waals surface area contributed by atoms with Crippen LogP contribution in [0.15, 0.2) is 36.2 Å². The number of aromatic nitrogens is 1. The fourth-order valence-corrected chi connectivity index (χ4v) is 3.13. The van der Waals surface area contributed by atoms with Crippen LogP contribution in [-0.2, 0) is 4.79 Å². The Morgan fingerprint density at radius 1 is 1.43 bits per heavy atom. The number of thiazole rings is 1. The van der Waals surface area contributed by atoms with Crippen molar-refractivity contribution in [3.63, 3.8) is 0 Å². The fraction of sp³-hybridized carbons (Fsp3) is 0.250. The monoisotopic (exact) mass is 350 g/mol. The number of nitrogens with one attached hydrogen (secondary N) is 1. The highest BCUT2D eigenvalue weighted by molar-refractivity contribution is 8.00. The number of anilines is 1. The summed E-state index contributed by atoms with van der Waals surface area (Å²) in [5.74, 6) is 2.48. The quantitative estimate of drug-likeness (QED) is 0.581. The molecule has 2 rings (SSSR count). The molecule has 23 heavy (non-hydrogen) atoms. The second-order valence-electron chi connectivity index (χ2n) is 4.46. The molecule has 0 aliphatic rings. The average molecular weight is 350 g/mol. The Kier molecular flexibility index (Phi) is 6.49. The second-order valence-corrected chi connectivity index (χ2v) is 6.34. The lowest BCUT2D eigenvalue weighted by molar-refractivity contribution is -0.113. The van der Waals surface area contributed by atoms with Gasteiger partial charge < -0.3 is 14.8 Å². The van der Waals surface area contributed by atoms with Gasteiger partial charge in [-0.25, -0.2) is 4.98 Å². The molecular formula is C16H18N2O3S2. The topological polar surface area (TPSA) is 60.5 Å². The molecule has 1 N–H and O–H groups in total. The first kappa shape index (κ1) is 17.4. The zero-order chi connectivity index (χ0) is 16.7. The van der Waals surface area contributed by atoms with Gasteiger partial charge in [-0.1, -0.05) is 6.08 Å². The molecule has 0 saturated heterocycles. The third-order valence-corrected chi connectivity index (χ3v) is 4.60. The molecule has 7 heteroatoms.